The largest absolute Gasteiger partial charge is 0.243 e. The van der Waals surface area contributed by atoms with E-state index in [0.29, 0.717) is 23.5 Å². The van der Waals surface area contributed by atoms with Gasteiger partial charge in [-0.3, -0.25) is 0 Å². The maximum Gasteiger partial charge on any atom is 0.243 e. The molecule has 1 saturated heterocycles. The summed E-state index contributed by atoms with van der Waals surface area (Å²) in [6, 6.07) is 3.88. The molecule has 100 valence electrons. The predicted molar refractivity (Wildman–Crippen MR) is 71.8 cm³/mol. The number of nitrogens with zero attached hydrogens (tertiary/aromatic N) is 1. The minimum absolute atomic E-state index is 0.0792. The van der Waals surface area contributed by atoms with E-state index in [2.05, 4.69) is 15.9 Å². The first kappa shape index (κ1) is 14.0. The number of benzene rings is 1. The number of aryl methyl sites for hydroxylation is 1. The lowest BCUT2D eigenvalue weighted by atomic mass is 10.2. The first-order chi connectivity index (χ1) is 8.41. The van der Waals surface area contributed by atoms with Crippen molar-refractivity contribution in [2.24, 2.45) is 0 Å². The lowest BCUT2D eigenvalue weighted by Crippen LogP contribution is -2.38. The third-order valence-electron chi connectivity index (χ3n) is 3.15. The Labute approximate surface area is 115 Å². The molecule has 18 heavy (non-hydrogen) atoms. The molecule has 0 radical (unpaired) electrons. The number of sulfonamides is 1. The molecule has 0 unspecified atom stereocenters. The van der Waals surface area contributed by atoms with Crippen LogP contribution in [0.15, 0.2) is 23.1 Å². The molecule has 3 nitrogen and oxygen atoms in total. The highest BCUT2D eigenvalue weighted by molar-refractivity contribution is 9.09. The van der Waals surface area contributed by atoms with E-state index in [9.17, 15) is 12.8 Å². The van der Waals surface area contributed by atoms with E-state index in [1.54, 1.807) is 6.92 Å². The van der Waals surface area contributed by atoms with Gasteiger partial charge in [0.1, 0.15) is 5.82 Å². The van der Waals surface area contributed by atoms with Crippen LogP contribution in [-0.2, 0) is 10.0 Å². The smallest absolute Gasteiger partial charge is 0.207 e. The van der Waals surface area contributed by atoms with E-state index in [4.69, 9.17) is 0 Å². The number of halogens is 2. The van der Waals surface area contributed by atoms with E-state index >= 15 is 0 Å². The second-order valence-corrected chi connectivity index (χ2v) is 7.69. The normalized spacial score (nSPS) is 19.1. The quantitative estimate of drug-likeness (QED) is 0.779. The van der Waals surface area contributed by atoms with Crippen LogP contribution in [0.5, 0.6) is 0 Å². The molecule has 1 aromatic carbocycles. The molecule has 0 aromatic heterocycles. The molecule has 1 fully saturated rings. The Morgan fingerprint density at radius 1 is 1.33 bits per heavy atom. The molecule has 1 aromatic rings. The fourth-order valence-corrected chi connectivity index (χ4v) is 4.17. The fourth-order valence-electron chi connectivity index (χ4n) is 2.06. The van der Waals surface area contributed by atoms with Gasteiger partial charge in [-0.2, -0.15) is 4.31 Å². The zero-order valence-electron chi connectivity index (χ0n) is 10.1. The minimum atomic E-state index is -3.57. The van der Waals surface area contributed by atoms with Crippen molar-refractivity contribution >= 4 is 26.0 Å². The first-order valence-corrected chi connectivity index (χ1v) is 8.17. The van der Waals surface area contributed by atoms with Gasteiger partial charge in [0.2, 0.25) is 10.0 Å². The summed E-state index contributed by atoms with van der Waals surface area (Å²) in [5, 5.41) is 0. The van der Waals surface area contributed by atoms with Crippen LogP contribution in [0.4, 0.5) is 4.39 Å². The molecule has 2 rings (SSSR count). The molecular formula is C12H15BrFNO2S. The Kier molecular flexibility index (Phi) is 4.08. The van der Waals surface area contributed by atoms with Crippen molar-refractivity contribution in [2.75, 3.05) is 13.1 Å². The van der Waals surface area contributed by atoms with Crippen LogP contribution < -0.4 is 0 Å². The SMILES string of the molecule is Cc1ccc(F)cc1S(=O)(=O)N1CCC(Br)CC1. The Bertz CT molecular complexity index is 539. The molecule has 1 aliphatic rings. The lowest BCUT2D eigenvalue weighted by Gasteiger charge is -2.29. The lowest BCUT2D eigenvalue weighted by molar-refractivity contribution is 0.354. The highest BCUT2D eigenvalue weighted by Crippen LogP contribution is 2.26. The first-order valence-electron chi connectivity index (χ1n) is 5.81. The Morgan fingerprint density at radius 2 is 1.94 bits per heavy atom. The van der Waals surface area contributed by atoms with Gasteiger partial charge in [0.05, 0.1) is 4.90 Å². The van der Waals surface area contributed by atoms with Crippen LogP contribution in [0, 0.1) is 12.7 Å². The Balaban J connectivity index is 2.33. The summed E-state index contributed by atoms with van der Waals surface area (Å²) in [5.41, 5.74) is 0.581. The van der Waals surface area contributed by atoms with Gasteiger partial charge in [-0.1, -0.05) is 22.0 Å². The molecule has 0 bridgehead atoms. The van der Waals surface area contributed by atoms with Gasteiger partial charge in [0.15, 0.2) is 0 Å². The Hall–Kier alpha value is -0.460. The zero-order valence-corrected chi connectivity index (χ0v) is 12.5. The summed E-state index contributed by atoms with van der Waals surface area (Å²) in [5.74, 6) is -0.519. The van der Waals surface area contributed by atoms with Crippen molar-refractivity contribution in [3.63, 3.8) is 0 Å². The summed E-state index contributed by atoms with van der Waals surface area (Å²) in [7, 11) is -3.57. The zero-order chi connectivity index (χ0) is 13.3. The van der Waals surface area contributed by atoms with E-state index < -0.39 is 15.8 Å². The van der Waals surface area contributed by atoms with Crippen molar-refractivity contribution in [2.45, 2.75) is 29.5 Å². The molecule has 0 saturated carbocycles. The maximum atomic E-state index is 13.2. The molecule has 0 aliphatic carbocycles. The van der Waals surface area contributed by atoms with Crippen LogP contribution in [0.3, 0.4) is 0 Å². The van der Waals surface area contributed by atoms with Crippen molar-refractivity contribution in [3.05, 3.63) is 29.6 Å². The van der Waals surface area contributed by atoms with Crippen LogP contribution in [0.2, 0.25) is 0 Å². The number of rotatable bonds is 2. The molecule has 0 amide bonds. The second-order valence-electron chi connectivity index (χ2n) is 4.49. The highest BCUT2D eigenvalue weighted by Gasteiger charge is 2.29. The van der Waals surface area contributed by atoms with Crippen LogP contribution >= 0.6 is 15.9 Å². The second kappa shape index (κ2) is 5.27. The summed E-state index contributed by atoms with van der Waals surface area (Å²) in [6.45, 7) is 2.64. The monoisotopic (exact) mass is 335 g/mol. The third kappa shape index (κ3) is 2.75. The van der Waals surface area contributed by atoms with Crippen molar-refractivity contribution < 1.29 is 12.8 Å². The predicted octanol–water partition coefficient (Wildman–Crippen LogP) is 2.68. The Morgan fingerprint density at radius 3 is 2.56 bits per heavy atom. The van der Waals surface area contributed by atoms with E-state index in [0.717, 1.165) is 18.9 Å². The minimum Gasteiger partial charge on any atom is -0.207 e. The van der Waals surface area contributed by atoms with E-state index in [-0.39, 0.29) is 4.90 Å². The summed E-state index contributed by atoms with van der Waals surface area (Å²) in [4.78, 5) is 0.452. The third-order valence-corrected chi connectivity index (χ3v) is 6.11. The molecule has 0 spiro atoms. The van der Waals surface area contributed by atoms with Gasteiger partial charge in [-0.25, -0.2) is 12.8 Å². The standard InChI is InChI=1S/C12H15BrFNO2S/c1-9-2-3-11(14)8-12(9)18(16,17)15-6-4-10(13)5-7-15/h2-3,8,10H,4-7H2,1H3. The molecule has 0 atom stereocenters. The van der Waals surface area contributed by atoms with E-state index in [1.807, 2.05) is 0 Å². The number of alkyl halides is 1. The van der Waals surface area contributed by atoms with Gasteiger partial charge in [0, 0.05) is 17.9 Å². The average molecular weight is 336 g/mol. The summed E-state index contributed by atoms with van der Waals surface area (Å²) >= 11 is 3.48. The van der Waals surface area contributed by atoms with Gasteiger partial charge >= 0.3 is 0 Å². The number of hydrogen-bond acceptors (Lipinski definition) is 2. The van der Waals surface area contributed by atoms with Crippen molar-refractivity contribution in [1.82, 2.24) is 4.31 Å². The van der Waals surface area contributed by atoms with E-state index in [1.165, 1.54) is 16.4 Å². The van der Waals surface area contributed by atoms with Crippen molar-refractivity contribution in [3.8, 4) is 0 Å². The van der Waals surface area contributed by atoms with Gasteiger partial charge < -0.3 is 0 Å². The molecule has 0 N–H and O–H groups in total. The van der Waals surface area contributed by atoms with Crippen LogP contribution in [-0.4, -0.2) is 30.6 Å². The summed E-state index contributed by atoms with van der Waals surface area (Å²) in [6.07, 6.45) is 1.57. The van der Waals surface area contributed by atoms with Crippen molar-refractivity contribution in [1.29, 1.82) is 0 Å². The van der Waals surface area contributed by atoms with Crippen LogP contribution in [0.1, 0.15) is 18.4 Å². The molecular weight excluding hydrogens is 321 g/mol. The maximum absolute atomic E-state index is 13.2. The molecule has 1 heterocycles. The van der Waals surface area contributed by atoms with Gasteiger partial charge in [-0.05, 0) is 37.5 Å². The molecule has 6 heteroatoms. The molecule has 1 aliphatic heterocycles. The summed E-state index contributed by atoms with van der Waals surface area (Å²) < 4.78 is 39.5. The number of hydrogen-bond donors (Lipinski definition) is 0. The van der Waals surface area contributed by atoms with Gasteiger partial charge in [-0.15, -0.1) is 0 Å². The topological polar surface area (TPSA) is 37.4 Å². The fraction of sp³-hybridized carbons (Fsp3) is 0.500. The number of piperidine rings is 1. The van der Waals surface area contributed by atoms with Gasteiger partial charge in [0.25, 0.3) is 0 Å². The van der Waals surface area contributed by atoms with Crippen LogP contribution in [0.25, 0.3) is 0 Å². The highest BCUT2D eigenvalue weighted by atomic mass is 79.9. The average Bonchev–Trinajstić information content (AvgIpc) is 2.32.